The average Bonchev–Trinajstić information content (AvgIpc) is 2.68. The molecule has 0 aliphatic heterocycles. The van der Waals surface area contributed by atoms with Gasteiger partial charge in [0.1, 0.15) is 19.0 Å². The number of benzene rings is 2. The number of hydrogen-bond donors (Lipinski definition) is 0. The van der Waals surface area contributed by atoms with Crippen molar-refractivity contribution in [3.05, 3.63) is 64.7 Å². The molecule has 0 spiro atoms. The van der Waals surface area contributed by atoms with E-state index in [0.29, 0.717) is 47.8 Å². The number of halogens is 1. The third-order valence-corrected chi connectivity index (χ3v) is 3.99. The third kappa shape index (κ3) is 3.81. The van der Waals surface area contributed by atoms with Crippen LogP contribution in [0.5, 0.6) is 5.75 Å². The fourth-order valence-corrected chi connectivity index (χ4v) is 2.82. The second kappa shape index (κ2) is 8.69. The van der Waals surface area contributed by atoms with Crippen molar-refractivity contribution in [3.63, 3.8) is 0 Å². The van der Waals surface area contributed by atoms with Gasteiger partial charge < -0.3 is 14.2 Å². The summed E-state index contributed by atoms with van der Waals surface area (Å²) < 4.78 is 27.8. The van der Waals surface area contributed by atoms with Crippen molar-refractivity contribution in [1.29, 1.82) is 0 Å². The number of fused-ring (bicyclic) bond motifs is 2. The Bertz CT molecular complexity index is 803. The predicted molar refractivity (Wildman–Crippen MR) is 92.9 cm³/mol. The van der Waals surface area contributed by atoms with Crippen molar-refractivity contribution in [1.82, 2.24) is 0 Å². The van der Waals surface area contributed by atoms with Crippen LogP contribution in [0.3, 0.4) is 0 Å². The minimum absolute atomic E-state index is 0.0631. The molecule has 136 valence electrons. The summed E-state index contributed by atoms with van der Waals surface area (Å²) in [5.74, 6) is -0.0270. The lowest BCUT2D eigenvalue weighted by molar-refractivity contribution is 0.0324. The summed E-state index contributed by atoms with van der Waals surface area (Å²) in [5.41, 5.74) is 1.45. The summed E-state index contributed by atoms with van der Waals surface area (Å²) in [4.78, 5) is 25.4. The SMILES string of the molecule is O=C1c2ccccc2C(=O)c2c(OCCOCCOCCF)cccc21. The quantitative estimate of drug-likeness (QED) is 0.551. The minimum Gasteiger partial charge on any atom is -0.490 e. The van der Waals surface area contributed by atoms with Crippen molar-refractivity contribution >= 4 is 11.6 Å². The molecule has 0 aromatic heterocycles. The van der Waals surface area contributed by atoms with E-state index in [0.717, 1.165) is 0 Å². The van der Waals surface area contributed by atoms with Gasteiger partial charge in [0.05, 0.1) is 32.0 Å². The number of ketones is 2. The van der Waals surface area contributed by atoms with E-state index < -0.39 is 6.67 Å². The third-order valence-electron chi connectivity index (χ3n) is 3.99. The van der Waals surface area contributed by atoms with Crippen molar-refractivity contribution in [2.45, 2.75) is 0 Å². The van der Waals surface area contributed by atoms with Crippen molar-refractivity contribution in [2.24, 2.45) is 0 Å². The number of rotatable bonds is 9. The lowest BCUT2D eigenvalue weighted by Crippen LogP contribution is -2.22. The molecular weight excluding hydrogens is 339 g/mol. The van der Waals surface area contributed by atoms with Crippen LogP contribution >= 0.6 is 0 Å². The average molecular weight is 358 g/mol. The van der Waals surface area contributed by atoms with Gasteiger partial charge in [0.15, 0.2) is 11.6 Å². The largest absolute Gasteiger partial charge is 0.490 e. The minimum atomic E-state index is -0.516. The van der Waals surface area contributed by atoms with Gasteiger partial charge >= 0.3 is 0 Å². The molecule has 0 saturated carbocycles. The van der Waals surface area contributed by atoms with Gasteiger partial charge in [-0.25, -0.2) is 4.39 Å². The van der Waals surface area contributed by atoms with Gasteiger partial charge in [-0.05, 0) is 6.07 Å². The monoisotopic (exact) mass is 358 g/mol. The highest BCUT2D eigenvalue weighted by atomic mass is 19.1. The van der Waals surface area contributed by atoms with E-state index >= 15 is 0 Å². The summed E-state index contributed by atoms with van der Waals surface area (Å²) >= 11 is 0. The highest BCUT2D eigenvalue weighted by Gasteiger charge is 2.31. The first-order valence-electron chi connectivity index (χ1n) is 8.39. The number of ether oxygens (including phenoxy) is 3. The van der Waals surface area contributed by atoms with E-state index in [1.54, 1.807) is 42.5 Å². The molecule has 5 nitrogen and oxygen atoms in total. The second-order valence-corrected chi connectivity index (χ2v) is 5.64. The number of alkyl halides is 1. The molecule has 0 saturated heterocycles. The molecule has 3 rings (SSSR count). The summed E-state index contributed by atoms with van der Waals surface area (Å²) in [6.45, 7) is 0.714. The van der Waals surface area contributed by atoms with Crippen LogP contribution in [0.4, 0.5) is 4.39 Å². The fourth-order valence-electron chi connectivity index (χ4n) is 2.82. The predicted octanol–water partition coefficient (Wildman–Crippen LogP) is 2.84. The van der Waals surface area contributed by atoms with Gasteiger partial charge in [-0.2, -0.15) is 0 Å². The summed E-state index contributed by atoms with van der Waals surface area (Å²) in [5, 5.41) is 0. The Labute approximate surface area is 150 Å². The summed E-state index contributed by atoms with van der Waals surface area (Å²) in [6, 6.07) is 11.8. The van der Waals surface area contributed by atoms with E-state index in [1.165, 1.54) is 0 Å². The van der Waals surface area contributed by atoms with Crippen LogP contribution in [-0.4, -0.2) is 51.3 Å². The molecule has 0 bridgehead atoms. The highest BCUT2D eigenvalue weighted by Crippen LogP contribution is 2.33. The second-order valence-electron chi connectivity index (χ2n) is 5.64. The van der Waals surface area contributed by atoms with Crippen molar-refractivity contribution < 1.29 is 28.2 Å². The molecule has 0 heterocycles. The molecule has 0 N–H and O–H groups in total. The van der Waals surface area contributed by atoms with Crippen LogP contribution in [-0.2, 0) is 9.47 Å². The van der Waals surface area contributed by atoms with Crippen molar-refractivity contribution in [2.75, 3.05) is 39.7 Å². The van der Waals surface area contributed by atoms with E-state index in [1.807, 2.05) is 0 Å². The molecule has 1 aliphatic carbocycles. The molecule has 0 radical (unpaired) electrons. The Morgan fingerprint density at radius 1 is 0.692 bits per heavy atom. The lowest BCUT2D eigenvalue weighted by Gasteiger charge is -2.20. The Balaban J connectivity index is 1.64. The summed E-state index contributed by atoms with van der Waals surface area (Å²) in [7, 11) is 0. The maximum atomic E-state index is 12.8. The molecule has 0 unspecified atom stereocenters. The number of hydrogen-bond acceptors (Lipinski definition) is 5. The molecular formula is C20H19FO5. The molecule has 0 fully saturated rings. The van der Waals surface area contributed by atoms with Crippen LogP contribution in [0, 0.1) is 0 Å². The number of carbonyl (C=O) groups excluding carboxylic acids is 2. The van der Waals surface area contributed by atoms with Crippen LogP contribution in [0.1, 0.15) is 31.8 Å². The first-order valence-corrected chi connectivity index (χ1v) is 8.39. The van der Waals surface area contributed by atoms with Gasteiger partial charge in [-0.1, -0.05) is 36.4 Å². The zero-order chi connectivity index (χ0) is 18.4. The topological polar surface area (TPSA) is 61.8 Å². The van der Waals surface area contributed by atoms with Crippen LogP contribution in [0.15, 0.2) is 42.5 Å². The molecule has 6 heteroatoms. The normalized spacial score (nSPS) is 12.7. The van der Waals surface area contributed by atoms with Crippen molar-refractivity contribution in [3.8, 4) is 5.75 Å². The molecule has 0 atom stereocenters. The Hall–Kier alpha value is -2.57. The highest BCUT2D eigenvalue weighted by molar-refractivity contribution is 6.29. The number of carbonyl (C=O) groups is 2. The zero-order valence-corrected chi connectivity index (χ0v) is 14.2. The van der Waals surface area contributed by atoms with Gasteiger partial charge in [0, 0.05) is 16.7 Å². The van der Waals surface area contributed by atoms with Gasteiger partial charge in [-0.15, -0.1) is 0 Å². The maximum absolute atomic E-state index is 12.8. The molecule has 2 aromatic rings. The first kappa shape index (κ1) is 18.2. The van der Waals surface area contributed by atoms with Gasteiger partial charge in [0.25, 0.3) is 0 Å². The van der Waals surface area contributed by atoms with Crippen LogP contribution in [0.2, 0.25) is 0 Å². The Morgan fingerprint density at radius 2 is 1.31 bits per heavy atom. The zero-order valence-electron chi connectivity index (χ0n) is 14.2. The standard InChI is InChI=1S/C20H19FO5/c21-8-9-24-10-11-25-12-13-26-17-7-3-6-16-18(17)20(23)15-5-2-1-4-14(15)19(16)22/h1-7H,8-13H2. The molecule has 26 heavy (non-hydrogen) atoms. The fraction of sp³-hybridized carbons (Fsp3) is 0.300. The maximum Gasteiger partial charge on any atom is 0.198 e. The molecule has 0 amide bonds. The Kier molecular flexibility index (Phi) is 6.09. The van der Waals surface area contributed by atoms with Crippen LogP contribution < -0.4 is 4.74 Å². The van der Waals surface area contributed by atoms with Gasteiger partial charge in [-0.3, -0.25) is 9.59 Å². The smallest absolute Gasteiger partial charge is 0.198 e. The van der Waals surface area contributed by atoms with Gasteiger partial charge in [0.2, 0.25) is 0 Å². The molecule has 1 aliphatic rings. The van der Waals surface area contributed by atoms with E-state index in [-0.39, 0.29) is 24.8 Å². The first-order chi connectivity index (χ1) is 12.7. The van der Waals surface area contributed by atoms with E-state index in [2.05, 4.69) is 0 Å². The summed E-state index contributed by atoms with van der Waals surface area (Å²) in [6.07, 6.45) is 0. The molecule has 2 aromatic carbocycles. The van der Waals surface area contributed by atoms with E-state index in [4.69, 9.17) is 14.2 Å². The van der Waals surface area contributed by atoms with Crippen LogP contribution in [0.25, 0.3) is 0 Å². The Morgan fingerprint density at radius 3 is 2.04 bits per heavy atom. The van der Waals surface area contributed by atoms with E-state index in [9.17, 15) is 14.0 Å². The lowest BCUT2D eigenvalue weighted by atomic mass is 9.83.